The summed E-state index contributed by atoms with van der Waals surface area (Å²) in [5.74, 6) is 1.02. The number of nitrogens with one attached hydrogen (secondary N) is 1. The van der Waals surface area contributed by atoms with Gasteiger partial charge in [0.1, 0.15) is 5.65 Å². The Labute approximate surface area is 166 Å². The number of rotatable bonds is 2. The number of pyridine rings is 1. The molecule has 2 aromatic heterocycles. The molecule has 0 unspecified atom stereocenters. The fourth-order valence-electron chi connectivity index (χ4n) is 4.40. The van der Waals surface area contributed by atoms with Crippen LogP contribution in [0.3, 0.4) is 0 Å². The van der Waals surface area contributed by atoms with E-state index in [1.165, 1.54) is 38.5 Å². The minimum Gasteiger partial charge on any atom is -0.351 e. The molecule has 4 rings (SSSR count). The maximum atomic E-state index is 4.66. The van der Waals surface area contributed by atoms with E-state index >= 15 is 0 Å². The van der Waals surface area contributed by atoms with E-state index in [1.807, 2.05) is 31.4 Å². The minimum atomic E-state index is 0. The third-order valence-electron chi connectivity index (χ3n) is 5.71. The first kappa shape index (κ1) is 18.5. The van der Waals surface area contributed by atoms with E-state index < -0.39 is 0 Å². The Bertz CT molecular complexity index is 699. The second-order valence-corrected chi connectivity index (χ2v) is 7.33. The number of halogens is 1. The Morgan fingerprint density at radius 3 is 2.84 bits per heavy atom. The Morgan fingerprint density at radius 1 is 1.24 bits per heavy atom. The fraction of sp³-hybridized carbons (Fsp3) is 0.579. The number of nitrogens with zero attached hydrogens (tertiary/aromatic N) is 4. The highest BCUT2D eigenvalue weighted by molar-refractivity contribution is 14.0. The maximum absolute atomic E-state index is 4.66. The van der Waals surface area contributed by atoms with Crippen LogP contribution < -0.4 is 5.32 Å². The number of aliphatic imine (C=N–C) groups is 1. The molecule has 0 aromatic carbocycles. The van der Waals surface area contributed by atoms with Crippen LogP contribution in [0, 0.1) is 5.41 Å². The molecule has 25 heavy (non-hydrogen) atoms. The zero-order valence-electron chi connectivity index (χ0n) is 14.9. The minimum absolute atomic E-state index is 0. The van der Waals surface area contributed by atoms with Crippen molar-refractivity contribution >= 4 is 35.6 Å². The number of guanidine groups is 1. The molecule has 1 saturated heterocycles. The molecule has 1 N–H and O–H groups in total. The first-order chi connectivity index (χ1) is 11.8. The van der Waals surface area contributed by atoms with Gasteiger partial charge in [-0.3, -0.25) is 4.99 Å². The van der Waals surface area contributed by atoms with Crippen LogP contribution in [0.2, 0.25) is 0 Å². The van der Waals surface area contributed by atoms with Crippen molar-refractivity contribution in [3.63, 3.8) is 0 Å². The van der Waals surface area contributed by atoms with E-state index in [9.17, 15) is 0 Å². The van der Waals surface area contributed by atoms with Crippen molar-refractivity contribution < 1.29 is 0 Å². The molecule has 0 atom stereocenters. The number of likely N-dealkylation sites (tertiary alicyclic amines) is 1. The van der Waals surface area contributed by atoms with Gasteiger partial charge in [0.05, 0.1) is 12.2 Å². The second kappa shape index (κ2) is 7.93. The van der Waals surface area contributed by atoms with E-state index in [4.69, 9.17) is 0 Å². The highest BCUT2D eigenvalue weighted by atomic mass is 127. The molecule has 2 fully saturated rings. The van der Waals surface area contributed by atoms with Gasteiger partial charge in [-0.05, 0) is 36.8 Å². The first-order valence-corrected chi connectivity index (χ1v) is 9.16. The Kier molecular flexibility index (Phi) is 5.86. The first-order valence-electron chi connectivity index (χ1n) is 9.16. The number of aromatic nitrogens is 2. The topological polar surface area (TPSA) is 44.9 Å². The van der Waals surface area contributed by atoms with E-state index in [-0.39, 0.29) is 24.0 Å². The standard InChI is InChI=1S/C19H27N5.HI/c1-20-18(24-12-10-19(15-24)8-4-2-5-9-19)21-13-16-14-23-11-6-3-7-17(23)22-16;/h3,6-7,11,14H,2,4-5,8-10,12-13,15H2,1H3,(H,20,21);1H. The predicted molar refractivity (Wildman–Crippen MR) is 113 cm³/mol. The van der Waals surface area contributed by atoms with E-state index in [1.54, 1.807) is 0 Å². The van der Waals surface area contributed by atoms with E-state index in [0.717, 1.165) is 36.9 Å². The molecule has 1 aliphatic heterocycles. The van der Waals surface area contributed by atoms with Crippen LogP contribution in [-0.4, -0.2) is 40.4 Å². The summed E-state index contributed by atoms with van der Waals surface area (Å²) in [7, 11) is 1.89. The van der Waals surface area contributed by atoms with Gasteiger partial charge in [0.25, 0.3) is 0 Å². The second-order valence-electron chi connectivity index (χ2n) is 7.33. The number of imidazole rings is 1. The Hall–Kier alpha value is -1.31. The van der Waals surface area contributed by atoms with Gasteiger partial charge in [0, 0.05) is 32.5 Å². The van der Waals surface area contributed by atoms with Gasteiger partial charge in [0.2, 0.25) is 0 Å². The zero-order valence-corrected chi connectivity index (χ0v) is 17.3. The zero-order chi connectivity index (χ0) is 16.4. The van der Waals surface area contributed by atoms with Gasteiger partial charge in [-0.2, -0.15) is 0 Å². The Morgan fingerprint density at radius 2 is 2.08 bits per heavy atom. The van der Waals surface area contributed by atoms with Crippen LogP contribution in [0.4, 0.5) is 0 Å². The number of hydrogen-bond acceptors (Lipinski definition) is 2. The summed E-state index contributed by atoms with van der Waals surface area (Å²) in [5, 5.41) is 3.51. The molecule has 6 heteroatoms. The van der Waals surface area contributed by atoms with Gasteiger partial charge in [-0.1, -0.05) is 25.3 Å². The van der Waals surface area contributed by atoms with E-state index in [0.29, 0.717) is 5.41 Å². The molecular weight excluding hydrogens is 425 g/mol. The number of fused-ring (bicyclic) bond motifs is 1. The lowest BCUT2D eigenvalue weighted by Crippen LogP contribution is -2.41. The lowest BCUT2D eigenvalue weighted by atomic mass is 9.73. The third kappa shape index (κ3) is 3.93. The normalized spacial score (nSPS) is 20.0. The van der Waals surface area contributed by atoms with Crippen molar-refractivity contribution in [2.45, 2.75) is 45.1 Å². The van der Waals surface area contributed by atoms with Gasteiger partial charge >= 0.3 is 0 Å². The molecule has 1 aliphatic carbocycles. The monoisotopic (exact) mass is 453 g/mol. The van der Waals surface area contributed by atoms with Crippen LogP contribution >= 0.6 is 24.0 Å². The molecule has 0 amide bonds. The molecule has 2 aromatic rings. The van der Waals surface area contributed by atoms with Gasteiger partial charge in [-0.15, -0.1) is 24.0 Å². The molecular formula is C19H28IN5. The highest BCUT2D eigenvalue weighted by Crippen LogP contribution is 2.43. The van der Waals surface area contributed by atoms with Gasteiger partial charge in [-0.25, -0.2) is 4.98 Å². The summed E-state index contributed by atoms with van der Waals surface area (Å²) in [4.78, 5) is 11.6. The van der Waals surface area contributed by atoms with Crippen LogP contribution in [-0.2, 0) is 6.54 Å². The lowest BCUT2D eigenvalue weighted by molar-refractivity contribution is 0.203. The van der Waals surface area contributed by atoms with Crippen LogP contribution in [0.15, 0.2) is 35.6 Å². The van der Waals surface area contributed by atoms with Crippen molar-refractivity contribution in [2.24, 2.45) is 10.4 Å². The summed E-state index contributed by atoms with van der Waals surface area (Å²) in [6, 6.07) is 6.08. The Balaban J connectivity index is 0.00000182. The maximum Gasteiger partial charge on any atom is 0.193 e. The lowest BCUT2D eigenvalue weighted by Gasteiger charge is -2.33. The summed E-state index contributed by atoms with van der Waals surface area (Å²) >= 11 is 0. The van der Waals surface area contributed by atoms with Crippen molar-refractivity contribution in [1.29, 1.82) is 0 Å². The SMILES string of the molecule is CN=C(NCc1cn2ccccc2n1)N1CCC2(CCCCC2)C1.I. The molecule has 2 aliphatic rings. The largest absolute Gasteiger partial charge is 0.351 e. The van der Waals surface area contributed by atoms with Crippen LogP contribution in [0.1, 0.15) is 44.2 Å². The summed E-state index contributed by atoms with van der Waals surface area (Å²) in [5.41, 5.74) is 2.60. The van der Waals surface area contributed by atoms with Crippen molar-refractivity contribution in [3.8, 4) is 0 Å². The van der Waals surface area contributed by atoms with Crippen LogP contribution in [0.5, 0.6) is 0 Å². The van der Waals surface area contributed by atoms with Crippen LogP contribution in [0.25, 0.3) is 5.65 Å². The quantitative estimate of drug-likeness (QED) is 0.429. The predicted octanol–water partition coefficient (Wildman–Crippen LogP) is 3.68. The average molecular weight is 453 g/mol. The smallest absolute Gasteiger partial charge is 0.193 e. The van der Waals surface area contributed by atoms with Gasteiger partial charge < -0.3 is 14.6 Å². The van der Waals surface area contributed by atoms with Crippen molar-refractivity contribution in [1.82, 2.24) is 19.6 Å². The molecule has 5 nitrogen and oxygen atoms in total. The summed E-state index contributed by atoms with van der Waals surface area (Å²) < 4.78 is 2.06. The molecule has 1 saturated carbocycles. The van der Waals surface area contributed by atoms with Crippen molar-refractivity contribution in [2.75, 3.05) is 20.1 Å². The molecule has 0 bridgehead atoms. The molecule has 136 valence electrons. The fourth-order valence-corrected chi connectivity index (χ4v) is 4.40. The summed E-state index contributed by atoms with van der Waals surface area (Å²) in [6.45, 7) is 3.01. The average Bonchev–Trinajstić information content (AvgIpc) is 3.20. The molecule has 1 spiro atoms. The number of hydrogen-bond donors (Lipinski definition) is 1. The molecule has 0 radical (unpaired) electrons. The van der Waals surface area contributed by atoms with E-state index in [2.05, 4.69) is 30.8 Å². The summed E-state index contributed by atoms with van der Waals surface area (Å²) in [6.07, 6.45) is 12.5. The molecule has 3 heterocycles. The van der Waals surface area contributed by atoms with Crippen molar-refractivity contribution in [3.05, 3.63) is 36.3 Å². The van der Waals surface area contributed by atoms with Gasteiger partial charge in [0.15, 0.2) is 5.96 Å². The third-order valence-corrected chi connectivity index (χ3v) is 5.71. The highest BCUT2D eigenvalue weighted by Gasteiger charge is 2.39.